The maximum atomic E-state index is 10.3. The van der Waals surface area contributed by atoms with E-state index in [1.807, 2.05) is 0 Å². The van der Waals surface area contributed by atoms with E-state index < -0.39 is 0 Å². The van der Waals surface area contributed by atoms with Gasteiger partial charge in [-0.15, -0.1) is 18.2 Å². The molecular formula is C7H10OS. The van der Waals surface area contributed by atoms with Crippen LogP contribution in [-0.2, 0) is 4.79 Å². The molecule has 0 saturated heterocycles. The van der Waals surface area contributed by atoms with Gasteiger partial charge in [-0.1, -0.05) is 5.92 Å². The minimum absolute atomic E-state index is 0.236. The van der Waals surface area contributed by atoms with Crippen molar-refractivity contribution in [2.45, 2.75) is 13.3 Å². The highest BCUT2D eigenvalue weighted by Gasteiger charge is 1.90. The normalized spacial score (nSPS) is 8.44. The van der Waals surface area contributed by atoms with Crippen LogP contribution in [0.1, 0.15) is 13.3 Å². The van der Waals surface area contributed by atoms with Crippen LogP contribution in [0.15, 0.2) is 0 Å². The van der Waals surface area contributed by atoms with Crippen LogP contribution in [0.25, 0.3) is 0 Å². The molecule has 0 aromatic heterocycles. The molecule has 0 fully saturated rings. The summed E-state index contributed by atoms with van der Waals surface area (Å²) in [6.07, 6.45) is 5.63. The number of hydrogen-bond acceptors (Lipinski definition) is 2. The fourth-order valence-corrected chi connectivity index (χ4v) is 1.04. The number of hydrogen-bond donors (Lipinski definition) is 0. The van der Waals surface area contributed by atoms with Crippen molar-refractivity contribution in [1.29, 1.82) is 0 Å². The van der Waals surface area contributed by atoms with Gasteiger partial charge in [0.2, 0.25) is 0 Å². The summed E-state index contributed by atoms with van der Waals surface area (Å²) in [5.74, 6) is 4.30. The molecule has 0 heterocycles. The predicted molar refractivity (Wildman–Crippen MR) is 41.5 cm³/mol. The Kier molecular flexibility index (Phi) is 5.45. The van der Waals surface area contributed by atoms with Crippen LogP contribution < -0.4 is 0 Å². The predicted octanol–water partition coefficient (Wildman–Crippen LogP) is 1.33. The number of carbonyl (C=O) groups excluding carboxylic acids is 1. The molecule has 0 rings (SSSR count). The standard InChI is InChI=1S/C7H10OS/c1-3-5-9-6-4-7(2)8/h1H,4-6H2,2H3. The third kappa shape index (κ3) is 7.58. The lowest BCUT2D eigenvalue weighted by atomic mass is 10.4. The Hall–Kier alpha value is -0.420. The van der Waals surface area contributed by atoms with E-state index in [1.165, 1.54) is 0 Å². The van der Waals surface area contributed by atoms with Gasteiger partial charge in [-0.3, -0.25) is 4.79 Å². The van der Waals surface area contributed by atoms with Crippen molar-refractivity contribution >= 4 is 17.5 Å². The number of Topliss-reactive ketones (excluding diaryl/α,β-unsaturated/α-hetero) is 1. The zero-order valence-corrected chi connectivity index (χ0v) is 6.33. The fraction of sp³-hybridized carbons (Fsp3) is 0.571. The molecule has 0 atom stereocenters. The Morgan fingerprint density at radius 1 is 1.78 bits per heavy atom. The van der Waals surface area contributed by atoms with E-state index in [2.05, 4.69) is 5.92 Å². The number of thioether (sulfide) groups is 1. The molecule has 0 spiro atoms. The molecule has 0 radical (unpaired) electrons. The monoisotopic (exact) mass is 142 g/mol. The summed E-state index contributed by atoms with van der Waals surface area (Å²) in [7, 11) is 0. The SMILES string of the molecule is C#CCSCCC(C)=O. The second kappa shape index (κ2) is 5.71. The van der Waals surface area contributed by atoms with E-state index in [0.29, 0.717) is 12.2 Å². The van der Waals surface area contributed by atoms with Crippen LogP contribution in [-0.4, -0.2) is 17.3 Å². The van der Waals surface area contributed by atoms with Crippen LogP contribution in [0.5, 0.6) is 0 Å². The van der Waals surface area contributed by atoms with Crippen LogP contribution in [0.3, 0.4) is 0 Å². The third-order valence-corrected chi connectivity index (χ3v) is 1.65. The molecule has 0 aliphatic heterocycles. The first-order valence-corrected chi connectivity index (χ1v) is 3.93. The van der Waals surface area contributed by atoms with Gasteiger partial charge in [0.1, 0.15) is 5.78 Å². The number of terminal acetylenes is 1. The Labute approximate surface area is 60.2 Å². The first kappa shape index (κ1) is 8.58. The van der Waals surface area contributed by atoms with Gasteiger partial charge in [0, 0.05) is 12.2 Å². The second-order valence-corrected chi connectivity index (χ2v) is 2.81. The number of carbonyl (C=O) groups is 1. The van der Waals surface area contributed by atoms with Crippen molar-refractivity contribution in [3.63, 3.8) is 0 Å². The minimum atomic E-state index is 0.236. The molecule has 0 unspecified atom stereocenters. The summed E-state index contributed by atoms with van der Waals surface area (Å²) >= 11 is 1.62. The van der Waals surface area contributed by atoms with E-state index in [-0.39, 0.29) is 5.78 Å². The summed E-state index contributed by atoms with van der Waals surface area (Å²) in [5, 5.41) is 0. The second-order valence-electron chi connectivity index (χ2n) is 1.71. The average Bonchev–Trinajstić information content (AvgIpc) is 1.80. The quantitative estimate of drug-likeness (QED) is 0.435. The fourth-order valence-electron chi connectivity index (χ4n) is 0.347. The third-order valence-electron chi connectivity index (χ3n) is 0.784. The maximum Gasteiger partial charge on any atom is 0.130 e. The van der Waals surface area contributed by atoms with Crippen molar-refractivity contribution in [3.8, 4) is 12.3 Å². The average molecular weight is 142 g/mol. The molecule has 0 N–H and O–H groups in total. The van der Waals surface area contributed by atoms with Gasteiger partial charge in [0.25, 0.3) is 0 Å². The summed E-state index contributed by atoms with van der Waals surface area (Å²) in [5.41, 5.74) is 0. The summed E-state index contributed by atoms with van der Waals surface area (Å²) in [6, 6.07) is 0. The van der Waals surface area contributed by atoms with Crippen LogP contribution in [0.4, 0.5) is 0 Å². The molecule has 2 heteroatoms. The molecule has 1 nitrogen and oxygen atoms in total. The number of rotatable bonds is 4. The van der Waals surface area contributed by atoms with Gasteiger partial charge in [0.05, 0.1) is 5.75 Å². The van der Waals surface area contributed by atoms with Gasteiger partial charge in [0.15, 0.2) is 0 Å². The smallest absolute Gasteiger partial charge is 0.130 e. The molecule has 0 aliphatic carbocycles. The Morgan fingerprint density at radius 3 is 2.89 bits per heavy atom. The van der Waals surface area contributed by atoms with Gasteiger partial charge in [-0.25, -0.2) is 0 Å². The van der Waals surface area contributed by atoms with Gasteiger partial charge < -0.3 is 0 Å². The van der Waals surface area contributed by atoms with Crippen molar-refractivity contribution in [2.24, 2.45) is 0 Å². The summed E-state index contributed by atoms with van der Waals surface area (Å²) in [6.45, 7) is 1.59. The lowest BCUT2D eigenvalue weighted by Gasteiger charge is -1.90. The van der Waals surface area contributed by atoms with E-state index in [9.17, 15) is 4.79 Å². The van der Waals surface area contributed by atoms with Crippen LogP contribution in [0.2, 0.25) is 0 Å². The maximum absolute atomic E-state index is 10.3. The Bertz CT molecular complexity index is 123. The molecule has 50 valence electrons. The summed E-state index contributed by atoms with van der Waals surface area (Å²) < 4.78 is 0. The van der Waals surface area contributed by atoms with Gasteiger partial charge >= 0.3 is 0 Å². The van der Waals surface area contributed by atoms with E-state index in [1.54, 1.807) is 18.7 Å². The molecule has 0 aliphatic rings. The van der Waals surface area contributed by atoms with E-state index in [4.69, 9.17) is 6.42 Å². The topological polar surface area (TPSA) is 17.1 Å². The lowest BCUT2D eigenvalue weighted by molar-refractivity contribution is -0.116. The molecular weight excluding hydrogens is 132 g/mol. The van der Waals surface area contributed by atoms with Gasteiger partial charge in [-0.2, -0.15) is 0 Å². The van der Waals surface area contributed by atoms with Gasteiger partial charge in [-0.05, 0) is 6.92 Å². The van der Waals surface area contributed by atoms with E-state index >= 15 is 0 Å². The molecule has 0 amide bonds. The Morgan fingerprint density at radius 2 is 2.44 bits per heavy atom. The van der Waals surface area contributed by atoms with Crippen molar-refractivity contribution in [2.75, 3.05) is 11.5 Å². The number of ketones is 1. The molecule has 0 saturated carbocycles. The molecule has 0 bridgehead atoms. The summed E-state index contributed by atoms with van der Waals surface area (Å²) in [4.78, 5) is 10.3. The zero-order chi connectivity index (χ0) is 7.11. The molecule has 0 aromatic rings. The molecule has 9 heavy (non-hydrogen) atoms. The van der Waals surface area contributed by atoms with Crippen molar-refractivity contribution in [3.05, 3.63) is 0 Å². The van der Waals surface area contributed by atoms with Crippen LogP contribution in [0, 0.1) is 12.3 Å². The highest BCUT2D eigenvalue weighted by molar-refractivity contribution is 7.99. The first-order chi connectivity index (χ1) is 4.27. The largest absolute Gasteiger partial charge is 0.300 e. The lowest BCUT2D eigenvalue weighted by Crippen LogP contribution is -1.91. The van der Waals surface area contributed by atoms with Crippen LogP contribution >= 0.6 is 11.8 Å². The Balaban J connectivity index is 2.94. The molecule has 0 aromatic carbocycles. The van der Waals surface area contributed by atoms with Crippen molar-refractivity contribution < 1.29 is 4.79 Å². The minimum Gasteiger partial charge on any atom is -0.300 e. The van der Waals surface area contributed by atoms with Crippen molar-refractivity contribution in [1.82, 2.24) is 0 Å². The zero-order valence-electron chi connectivity index (χ0n) is 5.52. The first-order valence-electron chi connectivity index (χ1n) is 2.78. The van der Waals surface area contributed by atoms with E-state index in [0.717, 1.165) is 5.75 Å². The highest BCUT2D eigenvalue weighted by Crippen LogP contribution is 2.00. The highest BCUT2D eigenvalue weighted by atomic mass is 32.2.